The Kier molecular flexibility index (Phi) is 6.24. The number of carbonyl (C=O) groups excluding carboxylic acids is 2. The van der Waals surface area contributed by atoms with Gasteiger partial charge in [0.1, 0.15) is 12.6 Å². The normalized spacial score (nSPS) is 15.3. The van der Waals surface area contributed by atoms with Crippen molar-refractivity contribution in [1.29, 1.82) is 0 Å². The number of carbonyl (C=O) groups is 2. The minimum atomic E-state index is -0.575. The van der Waals surface area contributed by atoms with Crippen LogP contribution >= 0.6 is 11.3 Å². The van der Waals surface area contributed by atoms with Crippen molar-refractivity contribution >= 4 is 34.2 Å². The first-order valence-corrected chi connectivity index (χ1v) is 10.7. The Bertz CT molecular complexity index is 1110. The molecular weight excluding hydrogens is 412 g/mol. The number of benzene rings is 2. The predicted octanol–water partition coefficient (Wildman–Crippen LogP) is 5.10. The van der Waals surface area contributed by atoms with Gasteiger partial charge >= 0.3 is 6.09 Å². The largest absolute Gasteiger partial charge is 0.445 e. The van der Waals surface area contributed by atoms with Gasteiger partial charge in [-0.1, -0.05) is 54.6 Å². The molecule has 0 saturated carbocycles. The van der Waals surface area contributed by atoms with Crippen LogP contribution in [0.3, 0.4) is 0 Å². The number of anilines is 1. The van der Waals surface area contributed by atoms with Crippen molar-refractivity contribution in [1.82, 2.24) is 9.88 Å². The van der Waals surface area contributed by atoms with E-state index in [0.29, 0.717) is 23.8 Å². The molecule has 156 valence electrons. The van der Waals surface area contributed by atoms with Crippen molar-refractivity contribution in [2.45, 2.75) is 25.5 Å². The van der Waals surface area contributed by atoms with E-state index < -0.39 is 12.1 Å². The molecule has 1 saturated heterocycles. The number of nitrogens with one attached hydrogen (secondary N) is 1. The van der Waals surface area contributed by atoms with E-state index in [1.807, 2.05) is 47.8 Å². The molecule has 7 nitrogen and oxygen atoms in total. The number of hydrogen-bond acceptors (Lipinski definition) is 5. The average molecular weight is 433 g/mol. The quantitative estimate of drug-likeness (QED) is 0.569. The number of rotatable bonds is 5. The molecule has 1 N–H and O–H groups in total. The van der Waals surface area contributed by atoms with E-state index in [1.165, 1.54) is 16.2 Å². The fourth-order valence-electron chi connectivity index (χ4n) is 3.42. The predicted molar refractivity (Wildman–Crippen MR) is 119 cm³/mol. The number of ether oxygens (including phenoxy) is 1. The second-order valence-electron chi connectivity index (χ2n) is 7.08. The monoisotopic (exact) mass is 432 g/mol. The molecule has 3 aromatic rings. The van der Waals surface area contributed by atoms with E-state index in [-0.39, 0.29) is 12.5 Å². The standard InChI is InChI=1S/C23H20N4O3S/c1-24-18-11-9-17(10-12-18)19-15-31-22(25-19)26-21(28)20-8-5-13-27(20)23(29)30-14-16-6-3-2-4-7-16/h2-4,6-7,9-12,15,20H,5,8,13-14H2,(H,25,26,28). The zero-order chi connectivity index (χ0) is 21.6. The van der Waals surface area contributed by atoms with Crippen LogP contribution in [0.15, 0.2) is 60.0 Å². The maximum atomic E-state index is 12.8. The van der Waals surface area contributed by atoms with Gasteiger partial charge in [0.05, 0.1) is 12.3 Å². The smallest absolute Gasteiger partial charge is 0.410 e. The first kappa shape index (κ1) is 20.6. The van der Waals surface area contributed by atoms with Crippen LogP contribution in [0.2, 0.25) is 0 Å². The van der Waals surface area contributed by atoms with E-state index >= 15 is 0 Å². The molecule has 1 aliphatic heterocycles. The maximum absolute atomic E-state index is 12.8. The third kappa shape index (κ3) is 4.90. The molecule has 1 unspecified atom stereocenters. The van der Waals surface area contributed by atoms with Gasteiger partial charge < -0.3 is 10.1 Å². The third-order valence-electron chi connectivity index (χ3n) is 5.02. The molecule has 1 aromatic heterocycles. The van der Waals surface area contributed by atoms with Crippen LogP contribution in [-0.4, -0.2) is 34.5 Å². The molecule has 1 aliphatic rings. The van der Waals surface area contributed by atoms with Gasteiger partial charge in [0.15, 0.2) is 10.8 Å². The average Bonchev–Trinajstić information content (AvgIpc) is 3.48. The van der Waals surface area contributed by atoms with Crippen molar-refractivity contribution in [3.8, 4) is 11.3 Å². The summed E-state index contributed by atoms with van der Waals surface area (Å²) in [6.07, 6.45) is 0.846. The van der Waals surface area contributed by atoms with Crippen LogP contribution in [0, 0.1) is 6.57 Å². The highest BCUT2D eigenvalue weighted by atomic mass is 32.1. The second kappa shape index (κ2) is 9.41. The lowest BCUT2D eigenvalue weighted by molar-refractivity contribution is -0.120. The van der Waals surface area contributed by atoms with Gasteiger partial charge in [-0.3, -0.25) is 9.69 Å². The zero-order valence-corrected chi connectivity index (χ0v) is 17.5. The lowest BCUT2D eigenvalue weighted by atomic mass is 10.1. The fraction of sp³-hybridized carbons (Fsp3) is 0.217. The van der Waals surface area contributed by atoms with E-state index in [1.54, 1.807) is 12.1 Å². The van der Waals surface area contributed by atoms with Gasteiger partial charge in [-0.05, 0) is 24.0 Å². The summed E-state index contributed by atoms with van der Waals surface area (Å²) in [7, 11) is 0. The first-order chi connectivity index (χ1) is 15.1. The molecule has 0 radical (unpaired) electrons. The molecule has 2 amide bonds. The van der Waals surface area contributed by atoms with Gasteiger partial charge in [0.2, 0.25) is 5.91 Å². The summed E-state index contributed by atoms with van der Waals surface area (Å²) in [6, 6.07) is 16.0. The molecule has 0 aliphatic carbocycles. The molecular formula is C23H20N4O3S. The molecule has 4 rings (SSSR count). The lowest BCUT2D eigenvalue weighted by Gasteiger charge is -2.22. The zero-order valence-electron chi connectivity index (χ0n) is 16.7. The van der Waals surface area contributed by atoms with Crippen molar-refractivity contribution in [2.24, 2.45) is 0 Å². The van der Waals surface area contributed by atoms with Crippen LogP contribution in [0.4, 0.5) is 15.6 Å². The maximum Gasteiger partial charge on any atom is 0.410 e. The SMILES string of the molecule is [C-]#[N+]c1ccc(-c2csc(NC(=O)C3CCCN3C(=O)OCc3ccccc3)n2)cc1. The minimum absolute atomic E-state index is 0.173. The summed E-state index contributed by atoms with van der Waals surface area (Å²) in [5.74, 6) is -0.265. The molecule has 0 spiro atoms. The van der Waals surface area contributed by atoms with Crippen LogP contribution in [0.5, 0.6) is 0 Å². The van der Waals surface area contributed by atoms with Crippen molar-refractivity contribution in [2.75, 3.05) is 11.9 Å². The fourth-order valence-corrected chi connectivity index (χ4v) is 4.14. The van der Waals surface area contributed by atoms with E-state index in [4.69, 9.17) is 11.3 Å². The minimum Gasteiger partial charge on any atom is -0.445 e. The number of aromatic nitrogens is 1. The first-order valence-electron chi connectivity index (χ1n) is 9.85. The molecule has 8 heteroatoms. The highest BCUT2D eigenvalue weighted by Gasteiger charge is 2.35. The van der Waals surface area contributed by atoms with Gasteiger partial charge in [-0.2, -0.15) is 0 Å². The summed E-state index contributed by atoms with van der Waals surface area (Å²) < 4.78 is 5.40. The number of amides is 2. The molecule has 2 heterocycles. The van der Waals surface area contributed by atoms with E-state index in [2.05, 4.69) is 15.1 Å². The summed E-state index contributed by atoms with van der Waals surface area (Å²) in [5, 5.41) is 5.15. The molecule has 0 bridgehead atoms. The van der Waals surface area contributed by atoms with Crippen molar-refractivity contribution in [3.63, 3.8) is 0 Å². The number of nitrogens with zero attached hydrogens (tertiary/aromatic N) is 3. The number of hydrogen-bond donors (Lipinski definition) is 1. The van der Waals surface area contributed by atoms with Gasteiger partial charge in [-0.15, -0.1) is 11.3 Å². The van der Waals surface area contributed by atoms with Crippen LogP contribution < -0.4 is 5.32 Å². The molecule has 2 aromatic carbocycles. The van der Waals surface area contributed by atoms with Gasteiger partial charge in [0.25, 0.3) is 0 Å². The number of likely N-dealkylation sites (tertiary alicyclic amines) is 1. The molecule has 31 heavy (non-hydrogen) atoms. The van der Waals surface area contributed by atoms with Crippen LogP contribution in [0.1, 0.15) is 18.4 Å². The summed E-state index contributed by atoms with van der Waals surface area (Å²) in [4.78, 5) is 34.7. The Balaban J connectivity index is 1.37. The van der Waals surface area contributed by atoms with E-state index in [0.717, 1.165) is 23.2 Å². The summed E-state index contributed by atoms with van der Waals surface area (Å²) >= 11 is 1.32. The Morgan fingerprint density at radius 2 is 1.97 bits per heavy atom. The third-order valence-corrected chi connectivity index (χ3v) is 5.78. The molecule has 1 atom stereocenters. The van der Waals surface area contributed by atoms with Crippen molar-refractivity contribution < 1.29 is 14.3 Å². The topological polar surface area (TPSA) is 75.9 Å². The molecule has 1 fully saturated rings. The Morgan fingerprint density at radius 3 is 2.71 bits per heavy atom. The van der Waals surface area contributed by atoms with Crippen LogP contribution in [0.25, 0.3) is 16.1 Å². The van der Waals surface area contributed by atoms with Gasteiger partial charge in [-0.25, -0.2) is 14.6 Å². The Morgan fingerprint density at radius 1 is 1.19 bits per heavy atom. The second-order valence-corrected chi connectivity index (χ2v) is 7.94. The summed E-state index contributed by atoms with van der Waals surface area (Å²) in [6.45, 7) is 7.69. The van der Waals surface area contributed by atoms with Gasteiger partial charge in [0, 0.05) is 11.9 Å². The lowest BCUT2D eigenvalue weighted by Crippen LogP contribution is -2.43. The van der Waals surface area contributed by atoms with E-state index in [9.17, 15) is 9.59 Å². The Hall–Kier alpha value is -3.70. The Labute approximate surface area is 184 Å². The highest BCUT2D eigenvalue weighted by Crippen LogP contribution is 2.28. The van der Waals surface area contributed by atoms with Crippen molar-refractivity contribution in [3.05, 3.63) is 77.0 Å². The van der Waals surface area contributed by atoms with Crippen LogP contribution in [-0.2, 0) is 16.1 Å². The summed E-state index contributed by atoms with van der Waals surface area (Å²) in [5.41, 5.74) is 3.06. The highest BCUT2D eigenvalue weighted by molar-refractivity contribution is 7.14. The number of thiazole rings is 1.